The maximum absolute atomic E-state index is 10.9. The van der Waals surface area contributed by atoms with Crippen LogP contribution in [0.5, 0.6) is 0 Å². The van der Waals surface area contributed by atoms with Crippen LogP contribution in [-0.2, 0) is 0 Å². The van der Waals surface area contributed by atoms with Crippen LogP contribution in [0.3, 0.4) is 0 Å². The minimum absolute atomic E-state index is 0.0858. The van der Waals surface area contributed by atoms with E-state index in [9.17, 15) is 10.1 Å². The van der Waals surface area contributed by atoms with E-state index < -0.39 is 0 Å². The van der Waals surface area contributed by atoms with E-state index in [0.29, 0.717) is 12.5 Å². The molecule has 1 aromatic carbocycles. The molecule has 0 aliphatic carbocycles. The number of nitro groups is 1. The molecule has 5 nitrogen and oxygen atoms in total. The number of hydrogen-bond acceptors (Lipinski definition) is 4. The molecule has 0 saturated carbocycles. The van der Waals surface area contributed by atoms with Crippen LogP contribution in [0, 0.1) is 16.0 Å². The van der Waals surface area contributed by atoms with Gasteiger partial charge in [0, 0.05) is 31.3 Å². The molecule has 5 heteroatoms. The van der Waals surface area contributed by atoms with E-state index in [0.717, 1.165) is 18.7 Å². The van der Waals surface area contributed by atoms with Gasteiger partial charge >= 0.3 is 0 Å². The zero-order valence-electron chi connectivity index (χ0n) is 11.3. The number of nitro benzene ring substituents is 1. The van der Waals surface area contributed by atoms with Gasteiger partial charge in [0.25, 0.3) is 5.69 Å². The van der Waals surface area contributed by atoms with Crippen LogP contribution >= 0.6 is 0 Å². The summed E-state index contributed by atoms with van der Waals surface area (Å²) in [4.78, 5) is 12.9. The number of hydrogen-bond donors (Lipinski definition) is 1. The molecule has 1 aromatic rings. The van der Waals surface area contributed by atoms with Gasteiger partial charge in [0.1, 0.15) is 0 Å². The van der Waals surface area contributed by atoms with E-state index in [1.165, 1.54) is 18.9 Å². The molecule has 2 rings (SSSR count). The van der Waals surface area contributed by atoms with Crippen LogP contribution in [0.4, 0.5) is 5.69 Å². The second-order valence-electron chi connectivity index (χ2n) is 5.35. The van der Waals surface area contributed by atoms with E-state index >= 15 is 0 Å². The third-order valence-corrected chi connectivity index (χ3v) is 3.82. The fourth-order valence-electron chi connectivity index (χ4n) is 2.85. The molecule has 1 fully saturated rings. The highest BCUT2D eigenvalue weighted by Gasteiger charge is 2.25. The molecule has 2 unspecified atom stereocenters. The highest BCUT2D eigenvalue weighted by molar-refractivity contribution is 5.36. The number of benzene rings is 1. The summed E-state index contributed by atoms with van der Waals surface area (Å²) in [6, 6.07) is 6.93. The van der Waals surface area contributed by atoms with E-state index in [2.05, 4.69) is 11.8 Å². The zero-order chi connectivity index (χ0) is 13.8. The molecule has 2 atom stereocenters. The van der Waals surface area contributed by atoms with Gasteiger partial charge in [-0.25, -0.2) is 0 Å². The second kappa shape index (κ2) is 6.12. The van der Waals surface area contributed by atoms with Crippen molar-refractivity contribution in [3.8, 4) is 0 Å². The number of likely N-dealkylation sites (tertiary alicyclic amines) is 1. The van der Waals surface area contributed by atoms with Crippen LogP contribution in [0.2, 0.25) is 0 Å². The maximum Gasteiger partial charge on any atom is 0.269 e. The molecule has 1 heterocycles. The molecule has 2 N–H and O–H groups in total. The van der Waals surface area contributed by atoms with E-state index in [-0.39, 0.29) is 16.7 Å². The van der Waals surface area contributed by atoms with Gasteiger partial charge < -0.3 is 5.73 Å². The Morgan fingerprint density at radius 2 is 2.37 bits per heavy atom. The zero-order valence-corrected chi connectivity index (χ0v) is 11.3. The Balaban J connectivity index is 2.21. The van der Waals surface area contributed by atoms with E-state index in [4.69, 9.17) is 5.73 Å². The summed E-state index contributed by atoms with van der Waals surface area (Å²) in [7, 11) is 0. The number of nitrogens with zero attached hydrogens (tertiary/aromatic N) is 2. The quantitative estimate of drug-likeness (QED) is 0.668. The Labute approximate surface area is 113 Å². The topological polar surface area (TPSA) is 72.4 Å². The van der Waals surface area contributed by atoms with Crippen molar-refractivity contribution < 1.29 is 4.92 Å². The molecule has 1 aliphatic rings. The smallest absolute Gasteiger partial charge is 0.269 e. The third kappa shape index (κ3) is 3.30. The first-order valence-corrected chi connectivity index (χ1v) is 6.80. The Morgan fingerprint density at radius 1 is 1.58 bits per heavy atom. The van der Waals surface area contributed by atoms with Crippen molar-refractivity contribution in [2.45, 2.75) is 25.8 Å². The average molecular weight is 263 g/mol. The summed E-state index contributed by atoms with van der Waals surface area (Å²) in [5, 5.41) is 10.9. The maximum atomic E-state index is 10.9. The minimum atomic E-state index is -0.351. The first-order valence-electron chi connectivity index (χ1n) is 6.80. The molecule has 19 heavy (non-hydrogen) atoms. The van der Waals surface area contributed by atoms with Gasteiger partial charge in [-0.15, -0.1) is 0 Å². The lowest BCUT2D eigenvalue weighted by molar-refractivity contribution is -0.385. The van der Waals surface area contributed by atoms with Crippen molar-refractivity contribution in [1.82, 2.24) is 4.90 Å². The van der Waals surface area contributed by atoms with Crippen LogP contribution in [0.1, 0.15) is 31.4 Å². The summed E-state index contributed by atoms with van der Waals surface area (Å²) in [6.07, 6.45) is 2.43. The number of nitrogens with two attached hydrogens (primary N) is 1. The fraction of sp³-hybridized carbons (Fsp3) is 0.571. The highest BCUT2D eigenvalue weighted by atomic mass is 16.6. The largest absolute Gasteiger partial charge is 0.329 e. The molecule has 0 bridgehead atoms. The number of non-ortho nitro benzene ring substituents is 1. The van der Waals surface area contributed by atoms with Crippen LogP contribution < -0.4 is 5.73 Å². The van der Waals surface area contributed by atoms with Crippen molar-refractivity contribution in [2.24, 2.45) is 11.7 Å². The van der Waals surface area contributed by atoms with Crippen molar-refractivity contribution in [1.29, 1.82) is 0 Å². The summed E-state index contributed by atoms with van der Waals surface area (Å²) in [5.41, 5.74) is 6.99. The monoisotopic (exact) mass is 263 g/mol. The summed E-state index contributed by atoms with van der Waals surface area (Å²) in [6.45, 7) is 4.78. The normalized spacial score (nSPS) is 22.1. The van der Waals surface area contributed by atoms with E-state index in [1.807, 2.05) is 6.07 Å². The van der Waals surface area contributed by atoms with Gasteiger partial charge in [0.05, 0.1) is 4.92 Å². The van der Waals surface area contributed by atoms with Gasteiger partial charge in [-0.1, -0.05) is 19.1 Å². The average Bonchev–Trinajstić information content (AvgIpc) is 2.40. The van der Waals surface area contributed by atoms with Gasteiger partial charge in [-0.2, -0.15) is 0 Å². The number of piperidine rings is 1. The summed E-state index contributed by atoms with van der Waals surface area (Å²) < 4.78 is 0. The third-order valence-electron chi connectivity index (χ3n) is 3.82. The molecule has 104 valence electrons. The molecule has 0 aromatic heterocycles. The first kappa shape index (κ1) is 14.0. The van der Waals surface area contributed by atoms with Gasteiger partial charge in [-0.05, 0) is 30.9 Å². The molecule has 0 spiro atoms. The lowest BCUT2D eigenvalue weighted by atomic mass is 9.96. The molecule has 0 amide bonds. The van der Waals surface area contributed by atoms with E-state index in [1.54, 1.807) is 12.1 Å². The Hall–Kier alpha value is -1.46. The molecule has 1 saturated heterocycles. The SMILES string of the molecule is CC1CCCN(C(CN)c2cccc([N+](=O)[O-])c2)C1. The molecular formula is C14H21N3O2. The molecular weight excluding hydrogens is 242 g/mol. The Morgan fingerprint density at radius 3 is 3.00 bits per heavy atom. The second-order valence-corrected chi connectivity index (χ2v) is 5.35. The highest BCUT2D eigenvalue weighted by Crippen LogP contribution is 2.27. The molecule has 0 radical (unpaired) electrons. The van der Waals surface area contributed by atoms with Crippen molar-refractivity contribution in [2.75, 3.05) is 19.6 Å². The van der Waals surface area contributed by atoms with Crippen LogP contribution in [0.15, 0.2) is 24.3 Å². The van der Waals surface area contributed by atoms with Crippen LogP contribution in [-0.4, -0.2) is 29.5 Å². The fourth-order valence-corrected chi connectivity index (χ4v) is 2.85. The summed E-state index contributed by atoms with van der Waals surface area (Å²) in [5.74, 6) is 0.668. The molecule has 1 aliphatic heterocycles. The Kier molecular flexibility index (Phi) is 4.50. The Bertz CT molecular complexity index is 450. The van der Waals surface area contributed by atoms with Crippen LogP contribution in [0.25, 0.3) is 0 Å². The minimum Gasteiger partial charge on any atom is -0.329 e. The lowest BCUT2D eigenvalue weighted by Gasteiger charge is -2.37. The van der Waals surface area contributed by atoms with Gasteiger partial charge in [-0.3, -0.25) is 15.0 Å². The van der Waals surface area contributed by atoms with Gasteiger partial charge in [0.15, 0.2) is 0 Å². The first-order chi connectivity index (χ1) is 9.11. The predicted molar refractivity (Wildman–Crippen MR) is 74.9 cm³/mol. The van der Waals surface area contributed by atoms with Gasteiger partial charge in [0.2, 0.25) is 0 Å². The lowest BCUT2D eigenvalue weighted by Crippen LogP contribution is -2.40. The predicted octanol–water partition coefficient (Wildman–Crippen LogP) is 2.33. The van der Waals surface area contributed by atoms with Crippen molar-refractivity contribution in [3.63, 3.8) is 0 Å². The van der Waals surface area contributed by atoms with Crippen molar-refractivity contribution in [3.05, 3.63) is 39.9 Å². The standard InChI is InChI=1S/C14H21N3O2/c1-11-4-3-7-16(10-11)14(9-15)12-5-2-6-13(8-12)17(18)19/h2,5-6,8,11,14H,3-4,7,9-10,15H2,1H3. The number of rotatable bonds is 4. The van der Waals surface area contributed by atoms with Crippen molar-refractivity contribution >= 4 is 5.69 Å². The summed E-state index contributed by atoms with van der Waals surface area (Å²) >= 11 is 0.